The van der Waals surface area contributed by atoms with Crippen LogP contribution in [0.2, 0.25) is 0 Å². The van der Waals surface area contributed by atoms with Crippen molar-refractivity contribution in [2.45, 2.75) is 44.7 Å². The summed E-state index contributed by atoms with van der Waals surface area (Å²) < 4.78 is 21.6. The molecule has 1 aromatic carbocycles. The summed E-state index contributed by atoms with van der Waals surface area (Å²) in [6.07, 6.45) is 1.37. The van der Waals surface area contributed by atoms with Crippen LogP contribution in [-0.4, -0.2) is 39.2 Å². The minimum Gasteiger partial charge on any atom is -0.467 e. The maximum atomic E-state index is 12.4. The molecule has 0 aliphatic rings. The lowest BCUT2D eigenvalue weighted by Gasteiger charge is -2.36. The highest BCUT2D eigenvalue weighted by molar-refractivity contribution is 5.80. The zero-order valence-electron chi connectivity index (χ0n) is 13.8. The topological polar surface area (TPSA) is 54.0 Å². The average molecular weight is 310 g/mol. The van der Waals surface area contributed by atoms with E-state index in [0.29, 0.717) is 6.42 Å². The van der Waals surface area contributed by atoms with Gasteiger partial charge in [-0.05, 0) is 12.0 Å². The van der Waals surface area contributed by atoms with Gasteiger partial charge >= 0.3 is 5.97 Å². The molecule has 0 saturated heterocycles. The molecule has 22 heavy (non-hydrogen) atoms. The summed E-state index contributed by atoms with van der Waals surface area (Å²) in [6, 6.07) is 9.66. The number of benzene rings is 1. The zero-order chi connectivity index (χ0) is 16.4. The average Bonchev–Trinajstić information content (AvgIpc) is 2.58. The van der Waals surface area contributed by atoms with Crippen molar-refractivity contribution in [3.8, 4) is 0 Å². The molecule has 0 N–H and O–H groups in total. The van der Waals surface area contributed by atoms with E-state index in [1.165, 1.54) is 21.3 Å². The van der Waals surface area contributed by atoms with E-state index in [-0.39, 0.29) is 6.61 Å². The zero-order valence-corrected chi connectivity index (χ0v) is 13.8. The van der Waals surface area contributed by atoms with E-state index in [1.54, 1.807) is 0 Å². The Balaban J connectivity index is 3.02. The molecule has 0 amide bonds. The number of hydrogen-bond donors (Lipinski definition) is 0. The van der Waals surface area contributed by atoms with Crippen molar-refractivity contribution >= 4 is 5.97 Å². The van der Waals surface area contributed by atoms with E-state index in [9.17, 15) is 4.79 Å². The van der Waals surface area contributed by atoms with Crippen LogP contribution in [0, 0.1) is 0 Å². The minimum atomic E-state index is -1.27. The first-order valence-corrected chi connectivity index (χ1v) is 7.46. The molecule has 0 heterocycles. The van der Waals surface area contributed by atoms with Gasteiger partial charge in [0.25, 0.3) is 0 Å². The molecule has 0 aromatic heterocycles. The van der Waals surface area contributed by atoms with Crippen LogP contribution < -0.4 is 0 Å². The summed E-state index contributed by atoms with van der Waals surface area (Å²) in [5.41, 5.74) is -0.303. The summed E-state index contributed by atoms with van der Waals surface area (Å²) in [7, 11) is 4.32. The van der Waals surface area contributed by atoms with E-state index in [4.69, 9.17) is 18.9 Å². The van der Waals surface area contributed by atoms with Crippen LogP contribution in [-0.2, 0) is 30.3 Å². The number of esters is 1. The summed E-state index contributed by atoms with van der Waals surface area (Å²) in [4.78, 5) is 12.4. The van der Waals surface area contributed by atoms with Gasteiger partial charge in [-0.3, -0.25) is 0 Å². The van der Waals surface area contributed by atoms with Crippen molar-refractivity contribution in [3.63, 3.8) is 0 Å². The van der Waals surface area contributed by atoms with E-state index in [2.05, 4.69) is 0 Å². The molecule has 0 spiro atoms. The third-order valence-electron chi connectivity index (χ3n) is 3.58. The van der Waals surface area contributed by atoms with Crippen molar-refractivity contribution < 1.29 is 23.7 Å². The van der Waals surface area contributed by atoms with Crippen LogP contribution in [0.3, 0.4) is 0 Å². The molecule has 1 atom stereocenters. The largest absolute Gasteiger partial charge is 0.467 e. The Labute approximate surface area is 132 Å². The number of carbonyl (C=O) groups is 1. The molecule has 0 aliphatic heterocycles. The second-order valence-corrected chi connectivity index (χ2v) is 5.06. The van der Waals surface area contributed by atoms with E-state index in [1.807, 2.05) is 37.3 Å². The molecular weight excluding hydrogens is 284 g/mol. The molecule has 0 unspecified atom stereocenters. The Morgan fingerprint density at radius 2 is 1.77 bits per heavy atom. The predicted molar refractivity (Wildman–Crippen MR) is 83.3 cm³/mol. The lowest BCUT2D eigenvalue weighted by atomic mass is 9.95. The number of hydrogen-bond acceptors (Lipinski definition) is 5. The summed E-state index contributed by atoms with van der Waals surface area (Å²) in [6.45, 7) is 2.33. The highest BCUT2D eigenvalue weighted by Crippen LogP contribution is 2.29. The van der Waals surface area contributed by atoms with E-state index < -0.39 is 17.9 Å². The number of rotatable bonds is 10. The Morgan fingerprint density at radius 3 is 2.27 bits per heavy atom. The lowest BCUT2D eigenvalue weighted by Crippen LogP contribution is -2.54. The summed E-state index contributed by atoms with van der Waals surface area (Å²) >= 11 is 0. The van der Waals surface area contributed by atoms with Gasteiger partial charge < -0.3 is 18.9 Å². The van der Waals surface area contributed by atoms with Gasteiger partial charge in [-0.15, -0.1) is 0 Å². The summed E-state index contributed by atoms with van der Waals surface area (Å²) in [5, 5.41) is 0. The maximum Gasteiger partial charge on any atom is 0.343 e. The molecule has 0 bridgehead atoms. The van der Waals surface area contributed by atoms with Crippen LogP contribution in [0.5, 0.6) is 0 Å². The fourth-order valence-corrected chi connectivity index (χ4v) is 2.39. The second-order valence-electron chi connectivity index (χ2n) is 5.06. The Bertz CT molecular complexity index is 430. The number of unbranched alkanes of at least 4 members (excludes halogenated alkanes) is 1. The number of ether oxygens (including phenoxy) is 4. The van der Waals surface area contributed by atoms with Crippen molar-refractivity contribution in [1.82, 2.24) is 0 Å². The fourth-order valence-electron chi connectivity index (χ4n) is 2.39. The Kier molecular flexibility index (Phi) is 8.09. The van der Waals surface area contributed by atoms with Crippen LogP contribution in [0.25, 0.3) is 0 Å². The SMILES string of the molecule is CCCC[C@](OCc1ccccc1)(C(=O)OC)C(OC)OC. The molecule has 124 valence electrons. The molecule has 0 fully saturated rings. The van der Waals surface area contributed by atoms with E-state index >= 15 is 0 Å². The first kappa shape index (κ1) is 18.6. The van der Waals surface area contributed by atoms with E-state index in [0.717, 1.165) is 18.4 Å². The van der Waals surface area contributed by atoms with Gasteiger partial charge in [-0.1, -0.05) is 50.1 Å². The Hall–Kier alpha value is -1.43. The maximum absolute atomic E-state index is 12.4. The molecule has 0 radical (unpaired) electrons. The van der Waals surface area contributed by atoms with Crippen molar-refractivity contribution in [2.75, 3.05) is 21.3 Å². The van der Waals surface area contributed by atoms with Crippen LogP contribution in [0.1, 0.15) is 31.7 Å². The van der Waals surface area contributed by atoms with Crippen molar-refractivity contribution in [3.05, 3.63) is 35.9 Å². The normalized spacial score (nSPS) is 13.9. The monoisotopic (exact) mass is 310 g/mol. The van der Waals surface area contributed by atoms with Crippen molar-refractivity contribution in [1.29, 1.82) is 0 Å². The van der Waals surface area contributed by atoms with Gasteiger partial charge in [0.05, 0.1) is 13.7 Å². The van der Waals surface area contributed by atoms with Crippen LogP contribution in [0.4, 0.5) is 0 Å². The second kappa shape index (κ2) is 9.56. The summed E-state index contributed by atoms with van der Waals surface area (Å²) in [5.74, 6) is -0.481. The van der Waals surface area contributed by atoms with Gasteiger partial charge in [-0.25, -0.2) is 4.79 Å². The van der Waals surface area contributed by atoms with Crippen LogP contribution >= 0.6 is 0 Å². The fraction of sp³-hybridized carbons (Fsp3) is 0.588. The quantitative estimate of drug-likeness (QED) is 0.491. The van der Waals surface area contributed by atoms with Gasteiger partial charge in [0.1, 0.15) is 0 Å². The third-order valence-corrected chi connectivity index (χ3v) is 3.58. The highest BCUT2D eigenvalue weighted by Gasteiger charge is 2.49. The van der Waals surface area contributed by atoms with Gasteiger partial charge in [0.15, 0.2) is 6.29 Å². The first-order chi connectivity index (χ1) is 10.6. The smallest absolute Gasteiger partial charge is 0.343 e. The first-order valence-electron chi connectivity index (χ1n) is 7.46. The van der Waals surface area contributed by atoms with Gasteiger partial charge in [0.2, 0.25) is 5.60 Å². The molecular formula is C17H26O5. The molecule has 0 saturated carbocycles. The highest BCUT2D eigenvalue weighted by atomic mass is 16.7. The third kappa shape index (κ3) is 4.53. The van der Waals surface area contributed by atoms with Crippen molar-refractivity contribution in [2.24, 2.45) is 0 Å². The predicted octanol–water partition coefficient (Wildman–Crippen LogP) is 2.92. The molecule has 0 aliphatic carbocycles. The molecule has 5 nitrogen and oxygen atoms in total. The molecule has 1 rings (SSSR count). The van der Waals surface area contributed by atoms with Gasteiger partial charge in [0, 0.05) is 14.2 Å². The number of methoxy groups -OCH3 is 3. The lowest BCUT2D eigenvalue weighted by molar-refractivity contribution is -0.247. The van der Waals surface area contributed by atoms with Gasteiger partial charge in [-0.2, -0.15) is 0 Å². The number of carbonyl (C=O) groups excluding carboxylic acids is 1. The minimum absolute atomic E-state index is 0.281. The molecule has 5 heteroatoms. The standard InChI is InChI=1S/C17H26O5/c1-5-6-12-17(15(18)19-2,16(20-3)21-4)22-13-14-10-8-7-9-11-14/h7-11,16H,5-6,12-13H2,1-4H3/t17-/m0/s1. The Morgan fingerprint density at radius 1 is 1.14 bits per heavy atom. The van der Waals surface area contributed by atoms with Crippen LogP contribution in [0.15, 0.2) is 30.3 Å². The molecule has 1 aromatic rings.